The third-order valence-electron chi connectivity index (χ3n) is 4.36. The number of benzene rings is 2. The van der Waals surface area contributed by atoms with Gasteiger partial charge >= 0.3 is 0 Å². The number of nitrogens with zero attached hydrogens (tertiary/aromatic N) is 1. The van der Waals surface area contributed by atoms with Crippen molar-refractivity contribution in [2.24, 2.45) is 7.05 Å². The quantitative estimate of drug-likeness (QED) is 0.427. The Morgan fingerprint density at radius 2 is 1.68 bits per heavy atom. The Morgan fingerprint density at radius 1 is 0.909 bits per heavy atom. The average Bonchev–Trinajstić information content (AvgIpc) is 2.88. The molecule has 4 rings (SSSR count). The zero-order valence-electron chi connectivity index (χ0n) is 13.1. The molecule has 0 bridgehead atoms. The van der Waals surface area contributed by atoms with Crippen LogP contribution in [0.15, 0.2) is 54.7 Å². The predicted molar refractivity (Wildman–Crippen MR) is 95.4 cm³/mol. The van der Waals surface area contributed by atoms with E-state index in [1.54, 1.807) is 0 Å². The lowest BCUT2D eigenvalue weighted by Crippen LogP contribution is -2.30. The largest absolute Gasteiger partial charge is 0.213 e. The molecule has 0 aliphatic rings. The van der Waals surface area contributed by atoms with Crippen LogP contribution >= 0.6 is 11.3 Å². The predicted octanol–water partition coefficient (Wildman–Crippen LogP) is 5.16. The maximum absolute atomic E-state index is 2.32. The molecule has 0 N–H and O–H groups in total. The summed E-state index contributed by atoms with van der Waals surface area (Å²) in [5, 5.41) is 2.78. The van der Waals surface area contributed by atoms with Gasteiger partial charge in [0.2, 0.25) is 5.69 Å². The smallest absolute Gasteiger partial charge is 0.201 e. The number of aromatic nitrogens is 1. The highest BCUT2D eigenvalue weighted by molar-refractivity contribution is 7.26. The van der Waals surface area contributed by atoms with Gasteiger partial charge in [-0.3, -0.25) is 0 Å². The Labute approximate surface area is 134 Å². The third-order valence-corrected chi connectivity index (χ3v) is 5.54. The standard InChI is InChI=1S/C20H18NS/c1-13-12-14(2)19(16-9-6-7-11-21(16)3)20-18(13)15-8-4-5-10-17(15)22-20/h4-12H,1-3H3/q+1. The number of thiophene rings is 1. The fourth-order valence-electron chi connectivity index (χ4n) is 3.36. The van der Waals surface area contributed by atoms with Crippen LogP contribution in [0.1, 0.15) is 11.1 Å². The van der Waals surface area contributed by atoms with E-state index in [4.69, 9.17) is 0 Å². The summed E-state index contributed by atoms with van der Waals surface area (Å²) in [7, 11) is 2.12. The zero-order valence-corrected chi connectivity index (χ0v) is 13.9. The molecule has 0 spiro atoms. The van der Waals surface area contributed by atoms with Crippen molar-refractivity contribution in [1.29, 1.82) is 0 Å². The number of pyridine rings is 1. The van der Waals surface area contributed by atoms with E-state index in [0.29, 0.717) is 0 Å². The lowest BCUT2D eigenvalue weighted by atomic mass is 9.97. The summed E-state index contributed by atoms with van der Waals surface area (Å²) >= 11 is 1.91. The molecule has 0 unspecified atom stereocenters. The van der Waals surface area contributed by atoms with Crippen molar-refractivity contribution in [3.63, 3.8) is 0 Å². The first-order valence-electron chi connectivity index (χ1n) is 7.53. The van der Waals surface area contributed by atoms with Gasteiger partial charge in [0.15, 0.2) is 6.20 Å². The Morgan fingerprint density at radius 3 is 2.50 bits per heavy atom. The molecule has 0 amide bonds. The first kappa shape index (κ1) is 13.5. The Kier molecular flexibility index (Phi) is 3.02. The molecule has 0 atom stereocenters. The van der Waals surface area contributed by atoms with Gasteiger partial charge in [-0.1, -0.05) is 24.3 Å². The van der Waals surface area contributed by atoms with Gasteiger partial charge in [-0.25, -0.2) is 4.57 Å². The molecule has 0 saturated carbocycles. The molecule has 1 nitrogen and oxygen atoms in total. The van der Waals surface area contributed by atoms with Gasteiger partial charge in [0.25, 0.3) is 0 Å². The van der Waals surface area contributed by atoms with Gasteiger partial charge in [0.1, 0.15) is 7.05 Å². The molecule has 0 radical (unpaired) electrons. The molecule has 22 heavy (non-hydrogen) atoms. The van der Waals surface area contributed by atoms with Crippen molar-refractivity contribution in [1.82, 2.24) is 0 Å². The molecule has 0 aliphatic carbocycles. The fraction of sp³-hybridized carbons (Fsp3) is 0.150. The van der Waals surface area contributed by atoms with E-state index in [2.05, 4.69) is 80.2 Å². The Hall–Kier alpha value is -2.19. The van der Waals surface area contributed by atoms with Crippen molar-refractivity contribution in [2.75, 3.05) is 0 Å². The van der Waals surface area contributed by atoms with Crippen LogP contribution in [-0.2, 0) is 7.05 Å². The second-order valence-electron chi connectivity index (χ2n) is 5.88. The Bertz CT molecular complexity index is 1010. The highest BCUT2D eigenvalue weighted by Gasteiger charge is 2.19. The maximum atomic E-state index is 2.32. The van der Waals surface area contributed by atoms with Crippen molar-refractivity contribution in [3.8, 4) is 11.3 Å². The molecular formula is C20H18NS+. The molecule has 2 heterocycles. The summed E-state index contributed by atoms with van der Waals surface area (Å²) in [6.45, 7) is 4.45. The number of aryl methyl sites for hydroxylation is 3. The summed E-state index contributed by atoms with van der Waals surface area (Å²) in [6.07, 6.45) is 2.12. The first-order chi connectivity index (χ1) is 10.7. The summed E-state index contributed by atoms with van der Waals surface area (Å²) in [5.41, 5.74) is 5.35. The Balaban J connectivity index is 2.22. The van der Waals surface area contributed by atoms with Gasteiger partial charge < -0.3 is 0 Å². The monoisotopic (exact) mass is 304 g/mol. The van der Waals surface area contributed by atoms with Gasteiger partial charge in [0.05, 0.1) is 5.56 Å². The van der Waals surface area contributed by atoms with E-state index in [9.17, 15) is 0 Å². The third kappa shape index (κ3) is 1.87. The minimum atomic E-state index is 1.27. The lowest BCUT2D eigenvalue weighted by Gasteiger charge is -2.08. The van der Waals surface area contributed by atoms with Crippen LogP contribution in [0, 0.1) is 13.8 Å². The number of hydrogen-bond donors (Lipinski definition) is 0. The van der Waals surface area contributed by atoms with E-state index >= 15 is 0 Å². The fourth-order valence-corrected chi connectivity index (χ4v) is 4.75. The van der Waals surface area contributed by atoms with Crippen molar-refractivity contribution in [2.45, 2.75) is 13.8 Å². The van der Waals surface area contributed by atoms with E-state index in [1.807, 2.05) is 11.3 Å². The molecule has 108 valence electrons. The van der Waals surface area contributed by atoms with E-state index in [-0.39, 0.29) is 0 Å². The summed E-state index contributed by atoms with van der Waals surface area (Å²) < 4.78 is 4.98. The summed E-state index contributed by atoms with van der Waals surface area (Å²) in [6, 6.07) is 17.5. The molecule has 2 aromatic heterocycles. The molecule has 4 aromatic rings. The van der Waals surface area contributed by atoms with Crippen LogP contribution in [-0.4, -0.2) is 0 Å². The molecule has 0 fully saturated rings. The number of rotatable bonds is 1. The second-order valence-corrected chi connectivity index (χ2v) is 6.94. The average molecular weight is 304 g/mol. The normalized spacial score (nSPS) is 11.4. The highest BCUT2D eigenvalue weighted by Crippen LogP contribution is 2.42. The van der Waals surface area contributed by atoms with Crippen LogP contribution in [0.25, 0.3) is 31.4 Å². The molecule has 2 aromatic carbocycles. The van der Waals surface area contributed by atoms with Crippen LogP contribution in [0.3, 0.4) is 0 Å². The second kappa shape index (κ2) is 4.92. The van der Waals surface area contributed by atoms with Gasteiger partial charge in [-0.05, 0) is 37.1 Å². The minimum Gasteiger partial charge on any atom is -0.201 e. The van der Waals surface area contributed by atoms with E-state index in [0.717, 1.165) is 0 Å². The van der Waals surface area contributed by atoms with Crippen molar-refractivity contribution < 1.29 is 4.57 Å². The highest BCUT2D eigenvalue weighted by atomic mass is 32.1. The molecule has 0 saturated heterocycles. The molecule has 0 aliphatic heterocycles. The summed E-state index contributed by atoms with van der Waals surface area (Å²) in [5.74, 6) is 0. The van der Waals surface area contributed by atoms with Gasteiger partial charge in [-0.15, -0.1) is 11.3 Å². The maximum Gasteiger partial charge on any atom is 0.213 e. The molecular weight excluding hydrogens is 286 g/mol. The van der Waals surface area contributed by atoms with Crippen LogP contribution in [0.2, 0.25) is 0 Å². The molecule has 2 heteroatoms. The van der Waals surface area contributed by atoms with Crippen LogP contribution < -0.4 is 4.57 Å². The van der Waals surface area contributed by atoms with Crippen LogP contribution in [0.4, 0.5) is 0 Å². The van der Waals surface area contributed by atoms with Gasteiger partial charge in [-0.2, -0.15) is 0 Å². The SMILES string of the molecule is Cc1cc(C)c2c(sc3ccccc32)c1-c1cccc[n+]1C. The van der Waals surface area contributed by atoms with Crippen molar-refractivity contribution >= 4 is 31.5 Å². The minimum absolute atomic E-state index is 1.27. The first-order valence-corrected chi connectivity index (χ1v) is 8.35. The number of hydrogen-bond acceptors (Lipinski definition) is 1. The van der Waals surface area contributed by atoms with Crippen LogP contribution in [0.5, 0.6) is 0 Å². The van der Waals surface area contributed by atoms with Crippen molar-refractivity contribution in [3.05, 3.63) is 65.9 Å². The summed E-state index contributed by atoms with van der Waals surface area (Å²) in [4.78, 5) is 0. The zero-order chi connectivity index (χ0) is 15.3. The van der Waals surface area contributed by atoms with E-state index < -0.39 is 0 Å². The van der Waals surface area contributed by atoms with E-state index in [1.165, 1.54) is 42.6 Å². The van der Waals surface area contributed by atoms with Gasteiger partial charge in [0, 0.05) is 32.3 Å². The lowest BCUT2D eigenvalue weighted by molar-refractivity contribution is -0.660. The topological polar surface area (TPSA) is 3.88 Å². The number of fused-ring (bicyclic) bond motifs is 3.